The average molecular weight is 145 g/mol. The van der Waals surface area contributed by atoms with Gasteiger partial charge in [0, 0.05) is 6.42 Å². The molecule has 8 heavy (non-hydrogen) atoms. The van der Waals surface area contributed by atoms with Crippen molar-refractivity contribution in [1.82, 2.24) is 0 Å². The minimum atomic E-state index is -3.55. The minimum absolute atomic E-state index is 0.845. The Balaban J connectivity index is 3.71. The van der Waals surface area contributed by atoms with Crippen LogP contribution in [0.2, 0.25) is 0 Å². The maximum absolute atomic E-state index is 11.7. The van der Waals surface area contributed by atoms with Crippen molar-refractivity contribution in [2.24, 2.45) is 0 Å². The van der Waals surface area contributed by atoms with Crippen LogP contribution in [0.3, 0.4) is 0 Å². The molecule has 48 valence electrons. The van der Waals surface area contributed by atoms with Crippen molar-refractivity contribution < 1.29 is 13.2 Å². The van der Waals surface area contributed by atoms with Crippen LogP contribution in [-0.2, 0) is 0 Å². The molecule has 0 spiro atoms. The summed E-state index contributed by atoms with van der Waals surface area (Å²) in [6.45, 7) is 2.78. The first kappa shape index (κ1) is 8.08. The van der Waals surface area contributed by atoms with E-state index in [0.29, 0.717) is 0 Å². The van der Waals surface area contributed by atoms with Crippen LogP contribution in [0.15, 0.2) is 0 Å². The predicted molar refractivity (Wildman–Crippen MR) is 25.1 cm³/mol. The van der Waals surface area contributed by atoms with Crippen LogP contribution < -0.4 is 0 Å². The maximum Gasteiger partial charge on any atom is 0.300 e. The molecular formula is C4H4ClF3. The second kappa shape index (κ2) is 2.58. The molecule has 0 saturated heterocycles. The summed E-state index contributed by atoms with van der Waals surface area (Å²) >= 11 is 4.33. The van der Waals surface area contributed by atoms with Gasteiger partial charge in [-0.25, -0.2) is 13.2 Å². The lowest BCUT2D eigenvalue weighted by molar-refractivity contribution is 0.00410. The average Bonchev–Trinajstić information content (AvgIpc) is 1.67. The largest absolute Gasteiger partial charge is 0.300 e. The van der Waals surface area contributed by atoms with E-state index < -0.39 is 18.0 Å². The van der Waals surface area contributed by atoms with E-state index in [0.717, 1.165) is 0 Å². The molecule has 0 aliphatic rings. The monoisotopic (exact) mass is 144 g/mol. The van der Waals surface area contributed by atoms with Crippen LogP contribution in [0.1, 0.15) is 6.42 Å². The van der Waals surface area contributed by atoms with Gasteiger partial charge in [-0.3, -0.25) is 0 Å². The van der Waals surface area contributed by atoms with Crippen molar-refractivity contribution in [2.45, 2.75) is 12.3 Å². The lowest BCUT2D eigenvalue weighted by atomic mass is 10.3. The van der Waals surface area contributed by atoms with E-state index in [4.69, 9.17) is 0 Å². The summed E-state index contributed by atoms with van der Waals surface area (Å²) in [4.78, 5) is 0. The van der Waals surface area contributed by atoms with E-state index >= 15 is 0 Å². The SMILES string of the molecule is [CH2]CC(F)(F)[C](F)Cl. The molecular weight excluding hydrogens is 140 g/mol. The van der Waals surface area contributed by atoms with Crippen molar-refractivity contribution >= 4 is 11.6 Å². The van der Waals surface area contributed by atoms with Gasteiger partial charge in [-0.05, 0) is 6.92 Å². The Kier molecular flexibility index (Phi) is 2.60. The highest BCUT2D eigenvalue weighted by Gasteiger charge is 2.38. The van der Waals surface area contributed by atoms with Crippen LogP contribution in [-0.4, -0.2) is 5.92 Å². The molecule has 0 aliphatic carbocycles. The highest BCUT2D eigenvalue weighted by atomic mass is 35.5. The minimum Gasteiger partial charge on any atom is -0.214 e. The third-order valence-electron chi connectivity index (χ3n) is 0.590. The van der Waals surface area contributed by atoms with Crippen LogP contribution >= 0.6 is 11.6 Å². The van der Waals surface area contributed by atoms with E-state index in [1.165, 1.54) is 0 Å². The number of alkyl halides is 2. The van der Waals surface area contributed by atoms with Crippen molar-refractivity contribution in [3.63, 3.8) is 0 Å². The lowest BCUT2D eigenvalue weighted by Gasteiger charge is -2.10. The highest BCUT2D eigenvalue weighted by molar-refractivity contribution is 6.26. The molecule has 0 atom stereocenters. The molecule has 0 heterocycles. The van der Waals surface area contributed by atoms with Crippen LogP contribution in [0.4, 0.5) is 13.2 Å². The van der Waals surface area contributed by atoms with Crippen LogP contribution in [0.25, 0.3) is 0 Å². The zero-order valence-electron chi connectivity index (χ0n) is 3.93. The van der Waals surface area contributed by atoms with Crippen molar-refractivity contribution in [3.05, 3.63) is 12.6 Å². The highest BCUT2D eigenvalue weighted by Crippen LogP contribution is 2.33. The second-order valence-electron chi connectivity index (χ2n) is 1.21. The molecule has 0 fully saturated rings. The van der Waals surface area contributed by atoms with Gasteiger partial charge in [0.1, 0.15) is 0 Å². The lowest BCUT2D eigenvalue weighted by Crippen LogP contribution is -2.17. The topological polar surface area (TPSA) is 0 Å². The van der Waals surface area contributed by atoms with Gasteiger partial charge in [0.15, 0.2) is 0 Å². The molecule has 0 aliphatic heterocycles. The summed E-state index contributed by atoms with van der Waals surface area (Å²) in [5.74, 6) is -3.55. The third-order valence-corrected chi connectivity index (χ3v) is 0.867. The molecule has 0 aromatic carbocycles. The molecule has 0 rings (SSSR count). The standard InChI is InChI=1S/C4H4ClF3/c1-2-4(7,8)3(5)6/h1-2H2. The van der Waals surface area contributed by atoms with Gasteiger partial charge in [0.05, 0.1) is 0 Å². The van der Waals surface area contributed by atoms with Gasteiger partial charge in [0.25, 0.3) is 11.6 Å². The van der Waals surface area contributed by atoms with Gasteiger partial charge in [-0.1, -0.05) is 11.6 Å². The number of rotatable bonds is 2. The summed E-state index contributed by atoms with van der Waals surface area (Å²) in [6.07, 6.45) is -0.845. The van der Waals surface area contributed by atoms with Crippen molar-refractivity contribution in [1.29, 1.82) is 0 Å². The van der Waals surface area contributed by atoms with E-state index in [1.807, 2.05) is 0 Å². The van der Waals surface area contributed by atoms with Gasteiger partial charge in [-0.15, -0.1) is 0 Å². The molecule has 0 nitrogen and oxygen atoms in total. The summed E-state index contributed by atoms with van der Waals surface area (Å²) in [5, 5.41) is 0. The smallest absolute Gasteiger partial charge is 0.214 e. The fraction of sp³-hybridized carbons (Fsp3) is 0.500. The van der Waals surface area contributed by atoms with Crippen LogP contribution in [0, 0.1) is 12.6 Å². The third kappa shape index (κ3) is 1.90. The summed E-state index contributed by atoms with van der Waals surface area (Å²) in [5.41, 5.74) is -1.90. The zero-order chi connectivity index (χ0) is 6.78. The Morgan fingerprint density at radius 2 is 2.00 bits per heavy atom. The Morgan fingerprint density at radius 1 is 1.62 bits per heavy atom. The fourth-order valence-electron chi connectivity index (χ4n) is 0.0945. The van der Waals surface area contributed by atoms with E-state index in [2.05, 4.69) is 18.5 Å². The van der Waals surface area contributed by atoms with Gasteiger partial charge >= 0.3 is 0 Å². The predicted octanol–water partition coefficient (Wildman–Crippen LogP) is 2.54. The Labute approximate surface area is 50.6 Å². The number of hydrogen-bond donors (Lipinski definition) is 0. The molecule has 0 aromatic rings. The zero-order valence-corrected chi connectivity index (χ0v) is 4.68. The summed E-state index contributed by atoms with van der Waals surface area (Å²) in [7, 11) is 0. The first-order chi connectivity index (χ1) is 3.50. The molecule has 2 radical (unpaired) electrons. The first-order valence-corrected chi connectivity index (χ1v) is 2.24. The van der Waals surface area contributed by atoms with E-state index in [1.54, 1.807) is 0 Å². The molecule has 0 aromatic heterocycles. The van der Waals surface area contributed by atoms with Gasteiger partial charge in [-0.2, -0.15) is 0 Å². The molecule has 0 N–H and O–H groups in total. The molecule has 0 unspecified atom stereocenters. The normalized spacial score (nSPS) is 12.8. The summed E-state index contributed by atoms with van der Waals surface area (Å²) < 4.78 is 34.7. The van der Waals surface area contributed by atoms with E-state index in [-0.39, 0.29) is 0 Å². The van der Waals surface area contributed by atoms with Crippen LogP contribution in [0.5, 0.6) is 0 Å². The van der Waals surface area contributed by atoms with Gasteiger partial charge < -0.3 is 0 Å². The first-order valence-electron chi connectivity index (χ1n) is 1.86. The molecule has 0 bridgehead atoms. The maximum atomic E-state index is 11.7. The van der Waals surface area contributed by atoms with E-state index in [9.17, 15) is 13.2 Å². The second-order valence-corrected chi connectivity index (χ2v) is 1.55. The quantitative estimate of drug-likeness (QED) is 0.559. The van der Waals surface area contributed by atoms with Crippen molar-refractivity contribution in [2.75, 3.05) is 0 Å². The van der Waals surface area contributed by atoms with Gasteiger partial charge in [0.2, 0.25) is 0 Å². The molecule has 4 heteroatoms. The molecule has 0 amide bonds. The Bertz CT molecular complexity index is 71.7. The summed E-state index contributed by atoms with van der Waals surface area (Å²) in [6, 6.07) is 0. The number of halogens is 4. The Hall–Kier alpha value is 0.0800. The fourth-order valence-corrected chi connectivity index (χ4v) is 0.189. The van der Waals surface area contributed by atoms with Crippen molar-refractivity contribution in [3.8, 4) is 0 Å². The number of hydrogen-bond acceptors (Lipinski definition) is 0. The molecule has 0 saturated carbocycles. The Morgan fingerprint density at radius 3 is 2.00 bits per heavy atom.